The predicted octanol–water partition coefficient (Wildman–Crippen LogP) is 4.90. The van der Waals surface area contributed by atoms with Crippen molar-refractivity contribution < 1.29 is 28.1 Å². The Labute approximate surface area is 186 Å². The largest absolute Gasteiger partial charge is 0.432 e. The summed E-state index contributed by atoms with van der Waals surface area (Å²) in [6.45, 7) is 1.17. The van der Waals surface area contributed by atoms with E-state index >= 15 is 0 Å². The zero-order valence-electron chi connectivity index (χ0n) is 17.6. The van der Waals surface area contributed by atoms with Crippen LogP contribution in [0.2, 0.25) is 0 Å². The van der Waals surface area contributed by atoms with Gasteiger partial charge >= 0.3 is 5.97 Å². The van der Waals surface area contributed by atoms with Gasteiger partial charge in [0.15, 0.2) is 0 Å². The lowest BCUT2D eigenvalue weighted by atomic mass is 10.2. The molecule has 0 radical (unpaired) electrons. The van der Waals surface area contributed by atoms with Crippen LogP contribution >= 0.6 is 0 Å². The van der Waals surface area contributed by atoms with Crippen LogP contribution in [0.5, 0.6) is 0 Å². The maximum absolute atomic E-state index is 13.1. The number of halogens is 1. The van der Waals surface area contributed by atoms with Gasteiger partial charge in [-0.2, -0.15) is 0 Å². The first-order chi connectivity index (χ1) is 15.7. The second-order valence-corrected chi connectivity index (χ2v) is 7.59. The molecule has 166 valence electrons. The number of benzene rings is 3. The Morgan fingerprint density at radius 3 is 2.16 bits per heavy atom. The summed E-state index contributed by atoms with van der Waals surface area (Å²) in [4.78, 5) is 12.4. The summed E-state index contributed by atoms with van der Waals surface area (Å²) in [5.74, 6) is -0.980. The minimum absolute atomic E-state index is 0.264. The standard InChI is InChI=1S/C26H25FO5/c27-22-13-11-21(12-14-22)26(28)32-25-15-23(30-17-20-9-5-2-6-10-20)24(31-25)18-29-16-19-7-3-1-4-8-19/h1-14,23-25H,15-18H2/t23-,24+,25?/m0/s1. The Bertz CT molecular complexity index is 978. The van der Waals surface area contributed by atoms with Crippen LogP contribution in [0.1, 0.15) is 27.9 Å². The van der Waals surface area contributed by atoms with Gasteiger partial charge in [0, 0.05) is 6.42 Å². The first-order valence-electron chi connectivity index (χ1n) is 10.6. The van der Waals surface area contributed by atoms with E-state index in [0.717, 1.165) is 11.1 Å². The zero-order valence-corrected chi connectivity index (χ0v) is 17.6. The number of hydrogen-bond acceptors (Lipinski definition) is 5. The fourth-order valence-electron chi connectivity index (χ4n) is 3.50. The fraction of sp³-hybridized carbons (Fsp3) is 0.269. The highest BCUT2D eigenvalue weighted by Gasteiger charge is 2.38. The zero-order chi connectivity index (χ0) is 22.2. The SMILES string of the molecule is O=C(OC1C[C@H](OCc2ccccc2)[C@@H](COCc2ccccc2)O1)c1ccc(F)cc1. The summed E-state index contributed by atoms with van der Waals surface area (Å²) in [5, 5.41) is 0. The number of carbonyl (C=O) groups excluding carboxylic acids is 1. The van der Waals surface area contributed by atoms with Gasteiger partial charge in [0.25, 0.3) is 0 Å². The first-order valence-corrected chi connectivity index (χ1v) is 10.6. The van der Waals surface area contributed by atoms with Gasteiger partial charge in [-0.15, -0.1) is 0 Å². The van der Waals surface area contributed by atoms with E-state index in [9.17, 15) is 9.18 Å². The van der Waals surface area contributed by atoms with Crippen molar-refractivity contribution in [3.8, 4) is 0 Å². The Morgan fingerprint density at radius 2 is 1.50 bits per heavy atom. The molecular weight excluding hydrogens is 411 g/mol. The smallest absolute Gasteiger partial charge is 0.340 e. The van der Waals surface area contributed by atoms with Crippen molar-refractivity contribution in [2.24, 2.45) is 0 Å². The van der Waals surface area contributed by atoms with Gasteiger partial charge < -0.3 is 18.9 Å². The van der Waals surface area contributed by atoms with E-state index in [1.165, 1.54) is 24.3 Å². The molecule has 1 saturated heterocycles. The van der Waals surface area contributed by atoms with E-state index in [1.54, 1.807) is 0 Å². The van der Waals surface area contributed by atoms with E-state index in [2.05, 4.69) is 0 Å². The highest BCUT2D eigenvalue weighted by atomic mass is 19.1. The molecule has 0 aromatic heterocycles. The van der Waals surface area contributed by atoms with Crippen LogP contribution in [-0.4, -0.2) is 31.1 Å². The van der Waals surface area contributed by atoms with E-state index < -0.39 is 18.1 Å². The molecule has 1 heterocycles. The van der Waals surface area contributed by atoms with Crippen LogP contribution in [0.15, 0.2) is 84.9 Å². The van der Waals surface area contributed by atoms with Crippen LogP contribution in [-0.2, 0) is 32.2 Å². The summed E-state index contributed by atoms with van der Waals surface area (Å²) in [5.41, 5.74) is 2.37. The molecular formula is C26H25FO5. The van der Waals surface area contributed by atoms with E-state index in [0.29, 0.717) is 26.2 Å². The number of ether oxygens (including phenoxy) is 4. The van der Waals surface area contributed by atoms with Gasteiger partial charge in [-0.25, -0.2) is 9.18 Å². The monoisotopic (exact) mass is 436 g/mol. The lowest BCUT2D eigenvalue weighted by Crippen LogP contribution is -2.29. The van der Waals surface area contributed by atoms with Gasteiger partial charge in [0.2, 0.25) is 6.29 Å². The molecule has 0 amide bonds. The molecule has 4 rings (SSSR count). The van der Waals surface area contributed by atoms with E-state index in [4.69, 9.17) is 18.9 Å². The van der Waals surface area contributed by atoms with E-state index in [-0.39, 0.29) is 17.8 Å². The van der Waals surface area contributed by atoms with E-state index in [1.807, 2.05) is 60.7 Å². The lowest BCUT2D eigenvalue weighted by Gasteiger charge is -2.19. The maximum atomic E-state index is 13.1. The van der Waals surface area contributed by atoms with Crippen LogP contribution < -0.4 is 0 Å². The molecule has 3 atom stereocenters. The number of esters is 1. The summed E-state index contributed by atoms with van der Waals surface area (Å²) < 4.78 is 36.5. The van der Waals surface area contributed by atoms with Crippen molar-refractivity contribution >= 4 is 5.97 Å². The normalized spacial score (nSPS) is 20.2. The molecule has 1 aliphatic heterocycles. The Hall–Kier alpha value is -3.06. The molecule has 0 aliphatic carbocycles. The van der Waals surface area contributed by atoms with Gasteiger partial charge in [0.1, 0.15) is 11.9 Å². The lowest BCUT2D eigenvalue weighted by molar-refractivity contribution is -0.127. The molecule has 32 heavy (non-hydrogen) atoms. The van der Waals surface area contributed by atoms with Crippen LogP contribution in [0.25, 0.3) is 0 Å². The molecule has 0 spiro atoms. The number of carbonyl (C=O) groups is 1. The van der Waals surface area contributed by atoms with Crippen molar-refractivity contribution in [1.29, 1.82) is 0 Å². The Kier molecular flexibility index (Phi) is 7.61. The molecule has 1 unspecified atom stereocenters. The third-order valence-corrected chi connectivity index (χ3v) is 5.18. The fourth-order valence-corrected chi connectivity index (χ4v) is 3.50. The van der Waals surface area contributed by atoms with Gasteiger partial charge in [0.05, 0.1) is 31.5 Å². The maximum Gasteiger partial charge on any atom is 0.340 e. The first kappa shape index (κ1) is 22.1. The van der Waals surface area contributed by atoms with Gasteiger partial charge in [-0.05, 0) is 35.4 Å². The van der Waals surface area contributed by atoms with Crippen molar-refractivity contribution in [2.75, 3.05) is 6.61 Å². The average molecular weight is 436 g/mol. The second kappa shape index (κ2) is 11.0. The molecule has 0 saturated carbocycles. The second-order valence-electron chi connectivity index (χ2n) is 7.59. The summed E-state index contributed by atoms with van der Waals surface area (Å²) in [6, 6.07) is 24.9. The van der Waals surface area contributed by atoms with Gasteiger partial charge in [-0.3, -0.25) is 0 Å². The van der Waals surface area contributed by atoms with Crippen molar-refractivity contribution in [1.82, 2.24) is 0 Å². The summed E-state index contributed by atoms with van der Waals surface area (Å²) in [7, 11) is 0. The molecule has 1 aliphatic rings. The molecule has 5 nitrogen and oxygen atoms in total. The highest BCUT2D eigenvalue weighted by Crippen LogP contribution is 2.27. The minimum atomic E-state index is -0.765. The number of rotatable bonds is 9. The van der Waals surface area contributed by atoms with Crippen molar-refractivity contribution in [3.63, 3.8) is 0 Å². The molecule has 0 bridgehead atoms. The molecule has 3 aromatic rings. The quantitative estimate of drug-likeness (QED) is 0.447. The number of hydrogen-bond donors (Lipinski definition) is 0. The van der Waals surface area contributed by atoms with Gasteiger partial charge in [-0.1, -0.05) is 60.7 Å². The molecule has 1 fully saturated rings. The Balaban J connectivity index is 1.35. The topological polar surface area (TPSA) is 54.0 Å². The predicted molar refractivity (Wildman–Crippen MR) is 116 cm³/mol. The van der Waals surface area contributed by atoms with Crippen molar-refractivity contribution in [3.05, 3.63) is 107 Å². The average Bonchev–Trinajstić information content (AvgIpc) is 3.20. The Morgan fingerprint density at radius 1 is 0.875 bits per heavy atom. The van der Waals surface area contributed by atoms with Crippen LogP contribution in [0.3, 0.4) is 0 Å². The summed E-state index contributed by atoms with van der Waals surface area (Å²) >= 11 is 0. The molecule has 6 heteroatoms. The summed E-state index contributed by atoms with van der Waals surface area (Å²) in [6.07, 6.45) is -1.05. The molecule has 0 N–H and O–H groups in total. The third-order valence-electron chi connectivity index (χ3n) is 5.18. The third kappa shape index (κ3) is 6.23. The van der Waals surface area contributed by atoms with Crippen molar-refractivity contribution in [2.45, 2.75) is 38.1 Å². The highest BCUT2D eigenvalue weighted by molar-refractivity contribution is 5.89. The van der Waals surface area contributed by atoms with Crippen LogP contribution in [0, 0.1) is 5.82 Å². The minimum Gasteiger partial charge on any atom is -0.432 e. The van der Waals surface area contributed by atoms with Crippen LogP contribution in [0.4, 0.5) is 4.39 Å². The molecule has 3 aromatic carbocycles.